The number of rotatable bonds is 5. The summed E-state index contributed by atoms with van der Waals surface area (Å²) in [4.78, 5) is 69.4. The second-order valence-electron chi connectivity index (χ2n) is 13.2. The number of fused-ring (bicyclic) bond motifs is 14. The number of ether oxygens (including phenoxy) is 1. The van der Waals surface area contributed by atoms with Gasteiger partial charge in [-0.3, -0.25) is 24.0 Å². The Morgan fingerprint density at radius 1 is 0.900 bits per heavy atom. The molecule has 7 rings (SSSR count). The molecule has 1 saturated heterocycles. The van der Waals surface area contributed by atoms with Crippen molar-refractivity contribution in [3.8, 4) is 5.75 Å². The van der Waals surface area contributed by atoms with Crippen LogP contribution in [0.2, 0.25) is 0 Å². The fourth-order valence-corrected chi connectivity index (χ4v) is 6.94. The van der Waals surface area contributed by atoms with Gasteiger partial charge in [-0.25, -0.2) is 0 Å². The summed E-state index contributed by atoms with van der Waals surface area (Å²) in [7, 11) is 0. The van der Waals surface area contributed by atoms with Crippen molar-refractivity contribution in [2.75, 3.05) is 13.2 Å². The van der Waals surface area contributed by atoms with Crippen molar-refractivity contribution >= 4 is 29.5 Å². The van der Waals surface area contributed by atoms with Crippen molar-refractivity contribution in [1.29, 1.82) is 0 Å². The fraction of sp³-hybridized carbons (Fsp3) is 0.395. The number of aliphatic hydroxyl groups is 1. The summed E-state index contributed by atoms with van der Waals surface area (Å²) in [6.45, 7) is 1.52. The highest BCUT2D eigenvalue weighted by Gasteiger charge is 2.39. The van der Waals surface area contributed by atoms with Crippen LogP contribution in [0.25, 0.3) is 0 Å². The minimum absolute atomic E-state index is 0.109. The number of hydrogen-bond acceptors (Lipinski definition) is 7. The maximum absolute atomic E-state index is 13.9. The van der Waals surface area contributed by atoms with E-state index in [1.807, 2.05) is 54.6 Å². The summed E-state index contributed by atoms with van der Waals surface area (Å²) in [5, 5.41) is 22.1. The summed E-state index contributed by atoms with van der Waals surface area (Å²) in [6, 6.07) is 19.5. The van der Waals surface area contributed by atoms with Crippen LogP contribution in [0.3, 0.4) is 0 Å². The van der Waals surface area contributed by atoms with Gasteiger partial charge in [0.25, 0.3) is 5.91 Å². The Bertz CT molecular complexity index is 1720. The molecule has 3 heterocycles. The number of nitrogens with one attached hydrogen (secondary N) is 4. The highest BCUT2D eigenvalue weighted by Crippen LogP contribution is 2.31. The number of carbonyl (C=O) groups is 5. The zero-order chi connectivity index (χ0) is 35.2. The molecular formula is C38H43N5O7. The SMILES string of the molecule is C[C@@H]1NC(=O)[C@@H]2CCCN2C(=O)[C@H](CCc2ccccc2)NC(=O)COc2ccc(cc2)C[C@@H](C(=O)N[C@@H]2c3ccccc3C[C@@H]2O)NC1=O. The summed E-state index contributed by atoms with van der Waals surface area (Å²) >= 11 is 0. The third-order valence-electron chi connectivity index (χ3n) is 9.66. The molecule has 50 heavy (non-hydrogen) atoms. The summed E-state index contributed by atoms with van der Waals surface area (Å²) in [5.74, 6) is -2.00. The van der Waals surface area contributed by atoms with Crippen molar-refractivity contribution in [3.05, 3.63) is 101 Å². The zero-order valence-electron chi connectivity index (χ0n) is 28.0. The first-order valence-electron chi connectivity index (χ1n) is 17.2. The van der Waals surface area contributed by atoms with E-state index in [1.165, 1.54) is 11.8 Å². The molecule has 3 aliphatic heterocycles. The molecule has 2 bridgehead atoms. The van der Waals surface area contributed by atoms with Crippen molar-refractivity contribution in [1.82, 2.24) is 26.2 Å². The van der Waals surface area contributed by atoms with Gasteiger partial charge < -0.3 is 36.0 Å². The Hall–Kier alpha value is -5.23. The minimum Gasteiger partial charge on any atom is -0.484 e. The van der Waals surface area contributed by atoms with E-state index in [1.54, 1.807) is 24.3 Å². The number of aliphatic hydroxyl groups excluding tert-OH is 1. The van der Waals surface area contributed by atoms with Crippen LogP contribution in [0.1, 0.15) is 54.5 Å². The molecule has 5 N–H and O–H groups in total. The molecule has 1 aliphatic carbocycles. The molecule has 1 fully saturated rings. The maximum atomic E-state index is 13.9. The molecule has 3 aromatic carbocycles. The van der Waals surface area contributed by atoms with Crippen LogP contribution >= 0.6 is 0 Å². The number of nitrogens with zero attached hydrogens (tertiary/aromatic N) is 1. The van der Waals surface area contributed by atoms with Gasteiger partial charge in [-0.15, -0.1) is 0 Å². The second-order valence-corrected chi connectivity index (χ2v) is 13.2. The normalized spacial score (nSPS) is 25.9. The predicted molar refractivity (Wildman–Crippen MR) is 184 cm³/mol. The summed E-state index contributed by atoms with van der Waals surface area (Å²) in [5.41, 5.74) is 3.47. The van der Waals surface area contributed by atoms with Crippen LogP contribution in [0.4, 0.5) is 0 Å². The predicted octanol–water partition coefficient (Wildman–Crippen LogP) is 1.49. The molecule has 12 heteroatoms. The molecule has 262 valence electrons. The fourth-order valence-electron chi connectivity index (χ4n) is 6.94. The van der Waals surface area contributed by atoms with Gasteiger partial charge in [-0.05, 0) is 67.0 Å². The highest BCUT2D eigenvalue weighted by molar-refractivity contribution is 5.96. The van der Waals surface area contributed by atoms with Gasteiger partial charge in [-0.1, -0.05) is 66.7 Å². The van der Waals surface area contributed by atoms with Gasteiger partial charge in [0.15, 0.2) is 6.61 Å². The second kappa shape index (κ2) is 15.5. The number of aryl methyl sites for hydroxylation is 1. The van der Waals surface area contributed by atoms with Gasteiger partial charge >= 0.3 is 0 Å². The lowest BCUT2D eigenvalue weighted by Crippen LogP contribution is -2.57. The smallest absolute Gasteiger partial charge is 0.258 e. The molecule has 0 aromatic heterocycles. The van der Waals surface area contributed by atoms with Crippen molar-refractivity contribution in [3.63, 3.8) is 0 Å². The third kappa shape index (κ3) is 8.14. The number of carbonyl (C=O) groups excluding carboxylic acids is 5. The van der Waals surface area contributed by atoms with Gasteiger partial charge in [0.2, 0.25) is 23.6 Å². The average Bonchev–Trinajstić information content (AvgIpc) is 3.74. The zero-order valence-corrected chi connectivity index (χ0v) is 28.0. The van der Waals surface area contributed by atoms with E-state index in [2.05, 4.69) is 21.3 Å². The topological polar surface area (TPSA) is 166 Å². The lowest BCUT2D eigenvalue weighted by atomic mass is 10.0. The Balaban J connectivity index is 1.22. The van der Waals surface area contributed by atoms with E-state index in [0.717, 1.165) is 16.7 Å². The van der Waals surface area contributed by atoms with Crippen molar-refractivity contribution in [2.24, 2.45) is 0 Å². The monoisotopic (exact) mass is 681 g/mol. The lowest BCUT2D eigenvalue weighted by molar-refractivity contribution is -0.142. The Kier molecular flexibility index (Phi) is 10.8. The molecule has 6 atom stereocenters. The largest absolute Gasteiger partial charge is 0.484 e. The lowest BCUT2D eigenvalue weighted by Gasteiger charge is -2.30. The molecule has 3 aromatic rings. The Morgan fingerprint density at radius 3 is 2.42 bits per heavy atom. The molecule has 0 unspecified atom stereocenters. The standard InChI is InChI=1S/C38H43N5O7/c1-23-35(46)41-30(36(47)42-34-28-11-6-5-10-26(28)21-32(34)44)20-25-13-16-27(17-14-25)50-22-33(45)40-29(18-15-24-8-3-2-4-9-24)38(49)43-19-7-12-31(43)37(48)39-23/h2-6,8-11,13-14,16-17,23,29-32,34,44H,7,12,15,18-22H2,1H3,(H,39,48)(H,40,45)(H,41,46)(H,42,47)/t23-,29-,30-,31-,32-,34+/m0/s1. The van der Waals surface area contributed by atoms with Gasteiger partial charge in [0.05, 0.1) is 12.1 Å². The molecule has 12 nitrogen and oxygen atoms in total. The minimum atomic E-state index is -1.05. The van der Waals surface area contributed by atoms with E-state index in [4.69, 9.17) is 4.74 Å². The average molecular weight is 682 g/mol. The molecule has 0 radical (unpaired) electrons. The molecule has 0 saturated carbocycles. The molecule has 5 amide bonds. The van der Waals surface area contributed by atoms with E-state index in [0.29, 0.717) is 50.0 Å². The van der Waals surface area contributed by atoms with Crippen LogP contribution in [0, 0.1) is 0 Å². The summed E-state index contributed by atoms with van der Waals surface area (Å²) < 4.78 is 5.75. The first-order valence-corrected chi connectivity index (χ1v) is 17.2. The highest BCUT2D eigenvalue weighted by atomic mass is 16.5. The van der Waals surface area contributed by atoms with Gasteiger partial charge in [-0.2, -0.15) is 0 Å². The van der Waals surface area contributed by atoms with E-state index >= 15 is 0 Å². The van der Waals surface area contributed by atoms with Crippen molar-refractivity contribution in [2.45, 2.75) is 81.8 Å². The van der Waals surface area contributed by atoms with Crippen LogP contribution in [-0.2, 0) is 43.2 Å². The Morgan fingerprint density at radius 2 is 1.64 bits per heavy atom. The third-order valence-corrected chi connectivity index (χ3v) is 9.66. The first kappa shape index (κ1) is 34.6. The van der Waals surface area contributed by atoms with Crippen LogP contribution in [-0.4, -0.2) is 83.0 Å². The first-order chi connectivity index (χ1) is 24.2. The molecule has 0 spiro atoms. The maximum Gasteiger partial charge on any atom is 0.258 e. The van der Waals surface area contributed by atoms with E-state index in [-0.39, 0.29) is 18.9 Å². The van der Waals surface area contributed by atoms with Crippen LogP contribution in [0.5, 0.6) is 5.75 Å². The number of amides is 5. The number of benzene rings is 3. The quantitative estimate of drug-likeness (QED) is 0.272. The molecule has 4 aliphatic rings. The van der Waals surface area contributed by atoms with E-state index in [9.17, 15) is 29.1 Å². The molecular weight excluding hydrogens is 638 g/mol. The Labute approximate surface area is 291 Å². The van der Waals surface area contributed by atoms with Crippen LogP contribution in [0.15, 0.2) is 78.9 Å². The summed E-state index contributed by atoms with van der Waals surface area (Å²) in [6.07, 6.45) is 1.52. The number of hydrogen-bond donors (Lipinski definition) is 5. The van der Waals surface area contributed by atoms with Crippen LogP contribution < -0.4 is 26.0 Å². The van der Waals surface area contributed by atoms with E-state index < -0.39 is 59.9 Å². The van der Waals surface area contributed by atoms with Crippen molar-refractivity contribution < 1.29 is 33.8 Å². The van der Waals surface area contributed by atoms with Gasteiger partial charge in [0.1, 0.15) is 29.9 Å². The van der Waals surface area contributed by atoms with Gasteiger partial charge in [0, 0.05) is 19.4 Å².